The monoisotopic (exact) mass is 279 g/mol. The van der Waals surface area contributed by atoms with Crippen LogP contribution < -0.4 is 15.0 Å². The Balaban J connectivity index is 2.26. The average molecular weight is 279 g/mol. The van der Waals surface area contributed by atoms with Crippen molar-refractivity contribution in [2.75, 3.05) is 29.9 Å². The van der Waals surface area contributed by atoms with E-state index in [1.807, 2.05) is 13.8 Å². The van der Waals surface area contributed by atoms with Crippen LogP contribution in [0.3, 0.4) is 0 Å². The fourth-order valence-electron chi connectivity index (χ4n) is 2.68. The van der Waals surface area contributed by atoms with Crippen molar-refractivity contribution in [3.05, 3.63) is 0 Å². The molecule has 0 atom stereocenters. The van der Waals surface area contributed by atoms with Crippen LogP contribution in [0.15, 0.2) is 0 Å². The van der Waals surface area contributed by atoms with Crippen molar-refractivity contribution >= 4 is 11.9 Å². The lowest BCUT2D eigenvalue weighted by molar-refractivity contribution is 0.311. The van der Waals surface area contributed by atoms with Crippen molar-refractivity contribution in [3.8, 4) is 6.01 Å². The predicted octanol–water partition coefficient (Wildman–Crippen LogP) is 2.47. The van der Waals surface area contributed by atoms with Crippen LogP contribution in [0.5, 0.6) is 6.01 Å². The Bertz CT molecular complexity index is 396. The van der Waals surface area contributed by atoms with Crippen LogP contribution in [0.25, 0.3) is 0 Å². The van der Waals surface area contributed by atoms with Gasteiger partial charge in [-0.1, -0.05) is 12.8 Å². The molecule has 1 fully saturated rings. The molecule has 0 spiro atoms. The zero-order valence-corrected chi connectivity index (χ0v) is 12.7. The third-order valence-corrected chi connectivity index (χ3v) is 3.57. The minimum absolute atomic E-state index is 0.407. The molecular formula is C14H25N5O. The van der Waals surface area contributed by atoms with E-state index in [-0.39, 0.29) is 0 Å². The number of hydrogen-bond acceptors (Lipinski definition) is 6. The van der Waals surface area contributed by atoms with Gasteiger partial charge in [0.25, 0.3) is 0 Å². The Labute approximate surface area is 121 Å². The van der Waals surface area contributed by atoms with Crippen molar-refractivity contribution in [2.45, 2.75) is 52.5 Å². The van der Waals surface area contributed by atoms with Gasteiger partial charge < -0.3 is 15.0 Å². The van der Waals surface area contributed by atoms with Gasteiger partial charge >= 0.3 is 6.01 Å². The Morgan fingerprint density at radius 2 is 1.90 bits per heavy atom. The van der Waals surface area contributed by atoms with Crippen molar-refractivity contribution < 1.29 is 4.74 Å². The topological polar surface area (TPSA) is 63.2 Å². The maximum atomic E-state index is 5.46. The van der Waals surface area contributed by atoms with Gasteiger partial charge in [-0.3, -0.25) is 0 Å². The smallest absolute Gasteiger partial charge is 0.323 e. The SMILES string of the molecule is CCNc1nc(OCC)nc(N(CC)C2CCCC2)n1. The minimum atomic E-state index is 0.407. The molecule has 1 saturated carbocycles. The number of anilines is 2. The van der Waals surface area contributed by atoms with Crippen LogP contribution in [0, 0.1) is 0 Å². The van der Waals surface area contributed by atoms with E-state index in [0.29, 0.717) is 24.6 Å². The van der Waals surface area contributed by atoms with E-state index in [1.165, 1.54) is 25.7 Å². The molecule has 1 aliphatic carbocycles. The van der Waals surface area contributed by atoms with E-state index < -0.39 is 0 Å². The standard InChI is InChI=1S/C14H25N5O/c1-4-15-12-16-13(18-14(17-12)20-6-3)19(5-2)11-9-7-8-10-11/h11H,4-10H2,1-3H3,(H,15,16,17,18). The molecule has 0 bridgehead atoms. The fourth-order valence-corrected chi connectivity index (χ4v) is 2.68. The molecule has 0 amide bonds. The van der Waals surface area contributed by atoms with E-state index in [2.05, 4.69) is 32.1 Å². The van der Waals surface area contributed by atoms with Gasteiger partial charge in [0.2, 0.25) is 11.9 Å². The van der Waals surface area contributed by atoms with E-state index in [9.17, 15) is 0 Å². The first-order valence-electron chi connectivity index (χ1n) is 7.67. The van der Waals surface area contributed by atoms with E-state index in [4.69, 9.17) is 4.74 Å². The molecule has 0 unspecified atom stereocenters. The summed E-state index contributed by atoms with van der Waals surface area (Å²) in [6.07, 6.45) is 5.04. The predicted molar refractivity (Wildman–Crippen MR) is 80.4 cm³/mol. The zero-order valence-electron chi connectivity index (χ0n) is 12.7. The molecule has 1 aromatic rings. The van der Waals surface area contributed by atoms with Crippen molar-refractivity contribution in [3.63, 3.8) is 0 Å². The van der Waals surface area contributed by atoms with Crippen LogP contribution >= 0.6 is 0 Å². The third-order valence-electron chi connectivity index (χ3n) is 3.57. The molecule has 0 aliphatic heterocycles. The highest BCUT2D eigenvalue weighted by Crippen LogP contribution is 2.27. The molecule has 1 N–H and O–H groups in total. The third kappa shape index (κ3) is 3.49. The van der Waals surface area contributed by atoms with E-state index in [1.54, 1.807) is 0 Å². The quantitative estimate of drug-likeness (QED) is 0.827. The van der Waals surface area contributed by atoms with Gasteiger partial charge in [0.05, 0.1) is 6.61 Å². The maximum Gasteiger partial charge on any atom is 0.323 e. The molecule has 6 heteroatoms. The lowest BCUT2D eigenvalue weighted by atomic mass is 10.2. The second-order valence-corrected chi connectivity index (χ2v) is 4.93. The highest BCUT2D eigenvalue weighted by Gasteiger charge is 2.24. The largest absolute Gasteiger partial charge is 0.464 e. The van der Waals surface area contributed by atoms with Crippen LogP contribution in [0.1, 0.15) is 46.5 Å². The van der Waals surface area contributed by atoms with Crippen molar-refractivity contribution in [1.29, 1.82) is 0 Å². The van der Waals surface area contributed by atoms with Gasteiger partial charge in [0.1, 0.15) is 0 Å². The number of nitrogens with zero attached hydrogens (tertiary/aromatic N) is 4. The van der Waals surface area contributed by atoms with Gasteiger partial charge in [-0.15, -0.1) is 0 Å². The molecule has 2 rings (SSSR count). The molecule has 20 heavy (non-hydrogen) atoms. The van der Waals surface area contributed by atoms with Gasteiger partial charge in [-0.05, 0) is 33.6 Å². The Hall–Kier alpha value is -1.59. The first-order valence-corrected chi connectivity index (χ1v) is 7.67. The van der Waals surface area contributed by atoms with Crippen molar-refractivity contribution in [1.82, 2.24) is 15.0 Å². The highest BCUT2D eigenvalue weighted by molar-refractivity contribution is 5.39. The Morgan fingerprint density at radius 3 is 2.50 bits per heavy atom. The molecule has 0 radical (unpaired) electrons. The summed E-state index contributed by atoms with van der Waals surface area (Å²) in [5.41, 5.74) is 0. The number of aromatic nitrogens is 3. The normalized spacial score (nSPS) is 15.3. The second-order valence-electron chi connectivity index (χ2n) is 4.93. The molecule has 1 aromatic heterocycles. The molecular weight excluding hydrogens is 254 g/mol. The van der Waals surface area contributed by atoms with Crippen LogP contribution in [0.4, 0.5) is 11.9 Å². The van der Waals surface area contributed by atoms with E-state index in [0.717, 1.165) is 19.0 Å². The molecule has 0 aromatic carbocycles. The molecule has 1 heterocycles. The van der Waals surface area contributed by atoms with Crippen LogP contribution in [0.2, 0.25) is 0 Å². The van der Waals surface area contributed by atoms with Gasteiger partial charge in [-0.2, -0.15) is 15.0 Å². The van der Waals surface area contributed by atoms with Crippen molar-refractivity contribution in [2.24, 2.45) is 0 Å². The zero-order chi connectivity index (χ0) is 14.4. The summed E-state index contributed by atoms with van der Waals surface area (Å²) in [4.78, 5) is 15.5. The average Bonchev–Trinajstić information content (AvgIpc) is 2.94. The summed E-state index contributed by atoms with van der Waals surface area (Å²) in [6.45, 7) is 8.36. The molecule has 1 aliphatic rings. The second kappa shape index (κ2) is 7.26. The van der Waals surface area contributed by atoms with Gasteiger partial charge in [0, 0.05) is 19.1 Å². The lowest BCUT2D eigenvalue weighted by Crippen LogP contribution is -2.34. The molecule has 0 saturated heterocycles. The number of hydrogen-bond donors (Lipinski definition) is 1. The number of rotatable bonds is 7. The summed E-state index contributed by atoms with van der Waals surface area (Å²) in [6, 6.07) is 0.955. The maximum absolute atomic E-state index is 5.46. The van der Waals surface area contributed by atoms with E-state index >= 15 is 0 Å². The fraction of sp³-hybridized carbons (Fsp3) is 0.786. The number of nitrogens with one attached hydrogen (secondary N) is 1. The molecule has 6 nitrogen and oxygen atoms in total. The van der Waals surface area contributed by atoms with Crippen LogP contribution in [-0.4, -0.2) is 40.7 Å². The molecule has 112 valence electrons. The lowest BCUT2D eigenvalue weighted by Gasteiger charge is -2.27. The first kappa shape index (κ1) is 14.8. The Morgan fingerprint density at radius 1 is 1.15 bits per heavy atom. The summed E-state index contributed by atoms with van der Waals surface area (Å²) >= 11 is 0. The highest BCUT2D eigenvalue weighted by atomic mass is 16.5. The summed E-state index contributed by atoms with van der Waals surface area (Å²) in [5, 5.41) is 3.15. The number of ether oxygens (including phenoxy) is 1. The summed E-state index contributed by atoms with van der Waals surface area (Å²) in [5.74, 6) is 1.33. The van der Waals surface area contributed by atoms with Gasteiger partial charge in [-0.25, -0.2) is 0 Å². The Kier molecular flexibility index (Phi) is 5.38. The minimum Gasteiger partial charge on any atom is -0.464 e. The summed E-state index contributed by atoms with van der Waals surface area (Å²) in [7, 11) is 0. The van der Waals surface area contributed by atoms with Crippen LogP contribution in [-0.2, 0) is 0 Å². The first-order chi connectivity index (χ1) is 9.78. The summed E-state index contributed by atoms with van der Waals surface area (Å²) < 4.78 is 5.46. The van der Waals surface area contributed by atoms with Gasteiger partial charge in [0.15, 0.2) is 0 Å².